The second kappa shape index (κ2) is 9.39. The number of aromatic amines is 1. The number of unbranched alkanes of at least 4 members (excludes halogenated alkanes) is 7. The second-order valence-electron chi connectivity index (χ2n) is 6.24. The molecule has 3 heteroatoms. The Morgan fingerprint density at radius 1 is 0.955 bits per heavy atom. The van der Waals surface area contributed by atoms with Crippen molar-refractivity contribution >= 4 is 0 Å². The fourth-order valence-electron chi connectivity index (χ4n) is 2.77. The van der Waals surface area contributed by atoms with E-state index in [1.807, 2.05) is 6.92 Å². The molecule has 1 N–H and O–H groups in total. The van der Waals surface area contributed by atoms with Crippen LogP contribution in [0.5, 0.6) is 0 Å². The van der Waals surface area contributed by atoms with Gasteiger partial charge in [-0.2, -0.15) is 5.10 Å². The third kappa shape index (κ3) is 5.63. The Labute approximate surface area is 134 Å². The van der Waals surface area contributed by atoms with Gasteiger partial charge in [-0.05, 0) is 19.4 Å². The summed E-state index contributed by atoms with van der Waals surface area (Å²) in [5.41, 5.74) is 3.30. The molecule has 0 saturated carbocycles. The molecule has 0 spiro atoms. The minimum absolute atomic E-state index is 1.02. The number of aromatic nitrogens is 3. The third-order valence-corrected chi connectivity index (χ3v) is 4.16. The predicted molar refractivity (Wildman–Crippen MR) is 91.6 cm³/mol. The summed E-state index contributed by atoms with van der Waals surface area (Å²) < 4.78 is 2.28. The molecular weight excluding hydrogens is 270 g/mol. The first kappa shape index (κ1) is 16.7. The topological polar surface area (TPSA) is 32.6 Å². The summed E-state index contributed by atoms with van der Waals surface area (Å²) in [4.78, 5) is 0. The molecule has 0 unspecified atom stereocenters. The van der Waals surface area contributed by atoms with E-state index in [0.717, 1.165) is 17.9 Å². The highest BCUT2D eigenvalue weighted by molar-refractivity contribution is 5.57. The molecule has 0 aliphatic heterocycles. The molecule has 2 aromatic heterocycles. The largest absolute Gasteiger partial charge is 0.282 e. The summed E-state index contributed by atoms with van der Waals surface area (Å²) in [6.07, 6.45) is 15.3. The number of H-pyrrole nitrogens is 1. The maximum atomic E-state index is 4.30. The van der Waals surface area contributed by atoms with E-state index in [-0.39, 0.29) is 0 Å². The summed E-state index contributed by atoms with van der Waals surface area (Å²) in [7, 11) is 0. The molecule has 0 aliphatic rings. The van der Waals surface area contributed by atoms with Crippen LogP contribution in [0.2, 0.25) is 0 Å². The number of hydrogen-bond donors (Lipinski definition) is 1. The van der Waals surface area contributed by atoms with Crippen molar-refractivity contribution in [2.75, 3.05) is 0 Å². The summed E-state index contributed by atoms with van der Waals surface area (Å²) in [6.45, 7) is 5.42. The lowest BCUT2D eigenvalue weighted by Gasteiger charge is -2.01. The molecule has 120 valence electrons. The van der Waals surface area contributed by atoms with E-state index >= 15 is 0 Å². The zero-order valence-electron chi connectivity index (χ0n) is 14.1. The van der Waals surface area contributed by atoms with Gasteiger partial charge < -0.3 is 0 Å². The summed E-state index contributed by atoms with van der Waals surface area (Å²) in [6, 6.07) is 6.39. The zero-order chi connectivity index (χ0) is 15.6. The lowest BCUT2D eigenvalue weighted by molar-refractivity contribution is -0.697. The highest BCUT2D eigenvalue weighted by atomic mass is 15.1. The van der Waals surface area contributed by atoms with Crippen molar-refractivity contribution in [3.05, 3.63) is 36.3 Å². The van der Waals surface area contributed by atoms with Crippen molar-refractivity contribution in [2.45, 2.75) is 71.8 Å². The Balaban J connectivity index is 1.64. The van der Waals surface area contributed by atoms with Gasteiger partial charge in [0.05, 0.1) is 5.69 Å². The molecule has 3 nitrogen and oxygen atoms in total. The lowest BCUT2D eigenvalue weighted by atomic mass is 10.1. The fraction of sp³-hybridized carbons (Fsp3) is 0.579. The smallest absolute Gasteiger partial charge is 0.169 e. The highest BCUT2D eigenvalue weighted by Crippen LogP contribution is 2.15. The Bertz CT molecular complexity index is 528. The molecule has 2 rings (SSSR count). The van der Waals surface area contributed by atoms with Crippen LogP contribution in [-0.4, -0.2) is 10.2 Å². The minimum atomic E-state index is 1.02. The van der Waals surface area contributed by atoms with Crippen molar-refractivity contribution < 1.29 is 4.57 Å². The standard InChI is InChI=1S/C19H29N3/c1-3-4-5-6-7-8-9-10-13-22-14-11-18(12-15-22)19-16-17(2)20-21-19/h11-12,14-16H,3-10,13H2,1-2H3/p+1. The molecule has 0 aromatic carbocycles. The number of nitrogens with zero attached hydrogens (tertiary/aromatic N) is 2. The van der Waals surface area contributed by atoms with E-state index in [0.29, 0.717) is 0 Å². The van der Waals surface area contributed by atoms with Gasteiger partial charge in [-0.25, -0.2) is 4.57 Å². The van der Waals surface area contributed by atoms with Crippen LogP contribution in [0.25, 0.3) is 11.3 Å². The molecule has 0 saturated heterocycles. The van der Waals surface area contributed by atoms with Crippen molar-refractivity contribution in [1.82, 2.24) is 10.2 Å². The first-order valence-corrected chi connectivity index (χ1v) is 8.81. The number of pyridine rings is 1. The first-order valence-electron chi connectivity index (χ1n) is 8.81. The molecule has 0 fully saturated rings. The van der Waals surface area contributed by atoms with E-state index in [9.17, 15) is 0 Å². The lowest BCUT2D eigenvalue weighted by Crippen LogP contribution is -2.32. The molecule has 0 amide bonds. The van der Waals surface area contributed by atoms with E-state index in [1.165, 1.54) is 56.9 Å². The third-order valence-electron chi connectivity index (χ3n) is 4.16. The predicted octanol–water partition coefficient (Wildman–Crippen LogP) is 4.81. The van der Waals surface area contributed by atoms with Crippen molar-refractivity contribution in [3.63, 3.8) is 0 Å². The van der Waals surface area contributed by atoms with Gasteiger partial charge in [0.25, 0.3) is 0 Å². The molecule has 0 radical (unpaired) electrons. The average molecular weight is 300 g/mol. The monoisotopic (exact) mass is 300 g/mol. The number of aryl methyl sites for hydroxylation is 2. The molecule has 0 aliphatic carbocycles. The first-order chi connectivity index (χ1) is 10.8. The number of rotatable bonds is 10. The van der Waals surface area contributed by atoms with E-state index < -0.39 is 0 Å². The Morgan fingerprint density at radius 3 is 2.18 bits per heavy atom. The molecular formula is C19H30N3+. The van der Waals surface area contributed by atoms with Crippen LogP contribution >= 0.6 is 0 Å². The maximum absolute atomic E-state index is 4.30. The van der Waals surface area contributed by atoms with Gasteiger partial charge >= 0.3 is 0 Å². The van der Waals surface area contributed by atoms with Gasteiger partial charge in [-0.15, -0.1) is 0 Å². The molecule has 0 atom stereocenters. The molecule has 2 aromatic rings. The van der Waals surface area contributed by atoms with Crippen LogP contribution in [0.1, 0.15) is 64.0 Å². The fourth-order valence-corrected chi connectivity index (χ4v) is 2.77. The zero-order valence-corrected chi connectivity index (χ0v) is 14.1. The van der Waals surface area contributed by atoms with Crippen LogP contribution in [0.15, 0.2) is 30.6 Å². The number of nitrogens with one attached hydrogen (secondary N) is 1. The van der Waals surface area contributed by atoms with E-state index in [2.05, 4.69) is 52.3 Å². The van der Waals surface area contributed by atoms with Crippen molar-refractivity contribution in [3.8, 4) is 11.3 Å². The molecule has 22 heavy (non-hydrogen) atoms. The van der Waals surface area contributed by atoms with Crippen molar-refractivity contribution in [2.24, 2.45) is 0 Å². The van der Waals surface area contributed by atoms with E-state index in [4.69, 9.17) is 0 Å². The Hall–Kier alpha value is -1.64. The Kier molecular flexibility index (Phi) is 7.14. The van der Waals surface area contributed by atoms with Crippen LogP contribution in [0, 0.1) is 6.92 Å². The Morgan fingerprint density at radius 2 is 1.59 bits per heavy atom. The van der Waals surface area contributed by atoms with Crippen molar-refractivity contribution in [1.29, 1.82) is 0 Å². The second-order valence-corrected chi connectivity index (χ2v) is 6.24. The van der Waals surface area contributed by atoms with Gasteiger partial charge in [0, 0.05) is 29.8 Å². The normalized spacial score (nSPS) is 11.0. The maximum Gasteiger partial charge on any atom is 0.169 e. The summed E-state index contributed by atoms with van der Waals surface area (Å²) in [5.74, 6) is 0. The van der Waals surface area contributed by atoms with Gasteiger partial charge in [-0.1, -0.05) is 45.4 Å². The summed E-state index contributed by atoms with van der Waals surface area (Å²) in [5, 5.41) is 7.29. The van der Waals surface area contributed by atoms with Gasteiger partial charge in [0.15, 0.2) is 12.4 Å². The van der Waals surface area contributed by atoms with E-state index in [1.54, 1.807) is 0 Å². The van der Waals surface area contributed by atoms with Crippen LogP contribution in [-0.2, 0) is 6.54 Å². The molecule has 2 heterocycles. The SMILES string of the molecule is CCCCCCCCCC[n+]1ccc(-c2cc(C)[nH]n2)cc1. The van der Waals surface area contributed by atoms with Crippen LogP contribution < -0.4 is 4.57 Å². The van der Waals surface area contributed by atoms with Crippen LogP contribution in [0.3, 0.4) is 0 Å². The summed E-state index contributed by atoms with van der Waals surface area (Å²) >= 11 is 0. The quantitative estimate of drug-likeness (QED) is 0.495. The van der Waals surface area contributed by atoms with Crippen LogP contribution in [0.4, 0.5) is 0 Å². The number of hydrogen-bond acceptors (Lipinski definition) is 1. The molecule has 0 bridgehead atoms. The minimum Gasteiger partial charge on any atom is -0.282 e. The van der Waals surface area contributed by atoms with Gasteiger partial charge in [-0.3, -0.25) is 5.10 Å². The highest BCUT2D eigenvalue weighted by Gasteiger charge is 2.05. The van der Waals surface area contributed by atoms with Gasteiger partial charge in [0.2, 0.25) is 0 Å². The van der Waals surface area contributed by atoms with Gasteiger partial charge in [0.1, 0.15) is 6.54 Å². The average Bonchev–Trinajstić information content (AvgIpc) is 2.97.